The summed E-state index contributed by atoms with van der Waals surface area (Å²) in [6.45, 7) is 5.02. The van der Waals surface area contributed by atoms with Crippen LogP contribution < -0.4 is 4.90 Å². The highest BCUT2D eigenvalue weighted by atomic mass is 35.5. The lowest BCUT2D eigenvalue weighted by Gasteiger charge is -2.35. The van der Waals surface area contributed by atoms with Crippen LogP contribution >= 0.6 is 11.6 Å². The number of benzene rings is 1. The quantitative estimate of drug-likeness (QED) is 0.868. The first kappa shape index (κ1) is 13.3. The van der Waals surface area contributed by atoms with Crippen molar-refractivity contribution in [3.8, 4) is 0 Å². The van der Waals surface area contributed by atoms with Crippen molar-refractivity contribution in [1.82, 2.24) is 14.9 Å². The number of halogens is 1. The zero-order valence-electron chi connectivity index (χ0n) is 11.2. The molecule has 0 radical (unpaired) electrons. The van der Waals surface area contributed by atoms with E-state index < -0.39 is 0 Å². The van der Waals surface area contributed by atoms with Crippen LogP contribution in [0.1, 0.15) is 5.69 Å². The molecule has 1 saturated heterocycles. The van der Waals surface area contributed by atoms with E-state index in [1.807, 2.05) is 0 Å². The monoisotopic (exact) mass is 288 g/mol. The Hall–Kier alpha value is -1.65. The average Bonchev–Trinajstić information content (AvgIpc) is 2.51. The van der Waals surface area contributed by atoms with Gasteiger partial charge in [0.2, 0.25) is 0 Å². The van der Waals surface area contributed by atoms with Gasteiger partial charge in [-0.1, -0.05) is 29.8 Å². The second-order valence-corrected chi connectivity index (χ2v) is 5.32. The molecular weight excluding hydrogens is 272 g/mol. The van der Waals surface area contributed by atoms with Crippen molar-refractivity contribution in [1.29, 1.82) is 0 Å². The lowest BCUT2D eigenvalue weighted by Crippen LogP contribution is -2.46. The predicted octanol–water partition coefficient (Wildman–Crippen LogP) is 2.45. The van der Waals surface area contributed by atoms with Crippen LogP contribution in [0, 0.1) is 0 Å². The molecule has 5 heteroatoms. The van der Waals surface area contributed by atoms with Crippen LogP contribution in [0.3, 0.4) is 0 Å². The number of nitrogens with zero attached hydrogens (tertiary/aromatic N) is 4. The Balaban J connectivity index is 1.55. The minimum Gasteiger partial charge on any atom is -0.369 e. The number of hydrogen-bond acceptors (Lipinski definition) is 4. The Morgan fingerprint density at radius 1 is 0.950 bits per heavy atom. The van der Waals surface area contributed by atoms with Crippen LogP contribution in [0.2, 0.25) is 5.15 Å². The molecule has 0 amide bonds. The molecule has 1 aromatic carbocycles. The Kier molecular flexibility index (Phi) is 4.14. The lowest BCUT2D eigenvalue weighted by atomic mass is 10.2. The van der Waals surface area contributed by atoms with E-state index in [1.54, 1.807) is 12.4 Å². The molecule has 4 nitrogen and oxygen atoms in total. The summed E-state index contributed by atoms with van der Waals surface area (Å²) in [4.78, 5) is 13.2. The Morgan fingerprint density at radius 3 is 2.35 bits per heavy atom. The third kappa shape index (κ3) is 3.26. The van der Waals surface area contributed by atoms with Gasteiger partial charge in [-0.15, -0.1) is 0 Å². The van der Waals surface area contributed by atoms with Crippen LogP contribution in [0.4, 0.5) is 5.69 Å². The molecule has 104 valence electrons. The van der Waals surface area contributed by atoms with E-state index in [9.17, 15) is 0 Å². The summed E-state index contributed by atoms with van der Waals surface area (Å²) < 4.78 is 0. The van der Waals surface area contributed by atoms with Crippen LogP contribution in [0.15, 0.2) is 42.7 Å². The van der Waals surface area contributed by atoms with Gasteiger partial charge in [0.05, 0.1) is 18.1 Å². The maximum Gasteiger partial charge on any atom is 0.147 e. The van der Waals surface area contributed by atoms with Crippen LogP contribution in [0.5, 0.6) is 0 Å². The summed E-state index contributed by atoms with van der Waals surface area (Å²) >= 11 is 5.75. The molecule has 3 rings (SSSR count). The molecule has 0 saturated carbocycles. The van der Waals surface area contributed by atoms with Crippen molar-refractivity contribution in [3.63, 3.8) is 0 Å². The lowest BCUT2D eigenvalue weighted by molar-refractivity contribution is 0.247. The number of hydrogen-bond donors (Lipinski definition) is 0. The second kappa shape index (κ2) is 6.20. The zero-order valence-corrected chi connectivity index (χ0v) is 12.0. The van der Waals surface area contributed by atoms with Gasteiger partial charge in [0, 0.05) is 38.4 Å². The minimum atomic E-state index is 0.447. The first-order valence-corrected chi connectivity index (χ1v) is 7.18. The van der Waals surface area contributed by atoms with Gasteiger partial charge in [0.1, 0.15) is 5.15 Å². The molecule has 20 heavy (non-hydrogen) atoms. The molecule has 1 aliphatic rings. The van der Waals surface area contributed by atoms with E-state index in [4.69, 9.17) is 11.6 Å². The molecule has 0 spiro atoms. The fourth-order valence-corrected chi connectivity index (χ4v) is 2.55. The fraction of sp³-hybridized carbons (Fsp3) is 0.333. The SMILES string of the molecule is Clc1cnc(CN2CCN(c3ccccc3)CC2)cn1. The van der Waals surface area contributed by atoms with E-state index in [2.05, 4.69) is 50.1 Å². The topological polar surface area (TPSA) is 32.3 Å². The van der Waals surface area contributed by atoms with E-state index in [-0.39, 0.29) is 0 Å². The number of piperazine rings is 1. The highest BCUT2D eigenvalue weighted by molar-refractivity contribution is 6.29. The van der Waals surface area contributed by atoms with Gasteiger partial charge in [-0.05, 0) is 12.1 Å². The third-order valence-electron chi connectivity index (χ3n) is 3.55. The van der Waals surface area contributed by atoms with E-state index in [0.717, 1.165) is 38.4 Å². The molecule has 0 atom stereocenters. The third-order valence-corrected chi connectivity index (χ3v) is 3.75. The Bertz CT molecular complexity index is 536. The molecule has 0 N–H and O–H groups in total. The van der Waals surface area contributed by atoms with Crippen molar-refractivity contribution in [2.75, 3.05) is 31.1 Å². The Labute approximate surface area is 124 Å². The number of aromatic nitrogens is 2. The van der Waals surface area contributed by atoms with Crippen molar-refractivity contribution in [2.24, 2.45) is 0 Å². The van der Waals surface area contributed by atoms with Gasteiger partial charge in [-0.3, -0.25) is 9.88 Å². The van der Waals surface area contributed by atoms with Crippen LogP contribution in [0.25, 0.3) is 0 Å². The van der Waals surface area contributed by atoms with Crippen LogP contribution in [-0.4, -0.2) is 41.0 Å². The molecule has 1 aromatic heterocycles. The van der Waals surface area contributed by atoms with Crippen molar-refractivity contribution in [3.05, 3.63) is 53.6 Å². The van der Waals surface area contributed by atoms with E-state index in [0.29, 0.717) is 5.15 Å². The zero-order chi connectivity index (χ0) is 13.8. The van der Waals surface area contributed by atoms with Gasteiger partial charge in [-0.25, -0.2) is 4.98 Å². The standard InChI is InChI=1S/C15H17ClN4/c16-15-11-17-13(10-18-15)12-19-6-8-20(9-7-19)14-4-2-1-3-5-14/h1-5,10-11H,6-9,12H2. The molecule has 0 unspecified atom stereocenters. The smallest absolute Gasteiger partial charge is 0.147 e. The normalized spacial score (nSPS) is 16.4. The molecule has 2 aromatic rings. The van der Waals surface area contributed by atoms with Crippen molar-refractivity contribution < 1.29 is 0 Å². The Morgan fingerprint density at radius 2 is 1.70 bits per heavy atom. The first-order valence-electron chi connectivity index (χ1n) is 6.80. The summed E-state index contributed by atoms with van der Waals surface area (Å²) in [6.07, 6.45) is 3.36. The van der Waals surface area contributed by atoms with Crippen molar-refractivity contribution >= 4 is 17.3 Å². The minimum absolute atomic E-state index is 0.447. The predicted molar refractivity (Wildman–Crippen MR) is 81.0 cm³/mol. The van der Waals surface area contributed by atoms with Gasteiger partial charge in [-0.2, -0.15) is 0 Å². The maximum atomic E-state index is 5.75. The van der Waals surface area contributed by atoms with Gasteiger partial charge in [0.15, 0.2) is 0 Å². The first-order chi connectivity index (χ1) is 9.81. The van der Waals surface area contributed by atoms with Crippen molar-refractivity contribution in [2.45, 2.75) is 6.54 Å². The van der Waals surface area contributed by atoms with E-state index >= 15 is 0 Å². The maximum absolute atomic E-state index is 5.75. The summed E-state index contributed by atoms with van der Waals surface area (Å²) in [7, 11) is 0. The summed E-state index contributed by atoms with van der Waals surface area (Å²) in [6, 6.07) is 10.6. The van der Waals surface area contributed by atoms with Gasteiger partial charge < -0.3 is 4.90 Å². The van der Waals surface area contributed by atoms with E-state index in [1.165, 1.54) is 5.69 Å². The van der Waals surface area contributed by atoms with Gasteiger partial charge in [0.25, 0.3) is 0 Å². The fourth-order valence-electron chi connectivity index (χ4n) is 2.45. The molecule has 0 aliphatic carbocycles. The molecule has 2 heterocycles. The highest BCUT2D eigenvalue weighted by Crippen LogP contribution is 2.16. The van der Waals surface area contributed by atoms with Gasteiger partial charge >= 0.3 is 0 Å². The number of rotatable bonds is 3. The summed E-state index contributed by atoms with van der Waals surface area (Å²) in [5.41, 5.74) is 2.28. The summed E-state index contributed by atoms with van der Waals surface area (Å²) in [5.74, 6) is 0. The second-order valence-electron chi connectivity index (χ2n) is 4.93. The molecule has 1 fully saturated rings. The molecular formula is C15H17ClN4. The molecule has 1 aliphatic heterocycles. The number of anilines is 1. The number of para-hydroxylation sites is 1. The average molecular weight is 289 g/mol. The largest absolute Gasteiger partial charge is 0.369 e. The molecule has 0 bridgehead atoms. The van der Waals surface area contributed by atoms with Crippen LogP contribution in [-0.2, 0) is 6.54 Å². The highest BCUT2D eigenvalue weighted by Gasteiger charge is 2.17. The summed E-state index contributed by atoms with van der Waals surface area (Å²) in [5, 5.41) is 0.447.